The lowest BCUT2D eigenvalue weighted by molar-refractivity contribution is -0.143. The van der Waals surface area contributed by atoms with E-state index < -0.39 is 11.9 Å². The van der Waals surface area contributed by atoms with E-state index in [1.165, 1.54) is 0 Å². The molecule has 0 aliphatic rings. The normalized spacial score (nSPS) is 8.22. The lowest BCUT2D eigenvalue weighted by Gasteiger charge is -1.85. The molecule has 0 spiro atoms. The molecule has 2 aromatic heterocycles. The van der Waals surface area contributed by atoms with Crippen LogP contribution in [-0.2, 0) is 9.59 Å². The second-order valence-electron chi connectivity index (χ2n) is 2.87. The number of carboxylic acids is 2. The minimum Gasteiger partial charge on any atom is -0.481 e. The highest BCUT2D eigenvalue weighted by atomic mass is 32.1. The average Bonchev–Trinajstić information content (AvgIpc) is 3.03. The Balaban J connectivity index is 0.000000250. The van der Waals surface area contributed by atoms with E-state index in [1.54, 1.807) is 22.7 Å². The fourth-order valence-corrected chi connectivity index (χ4v) is 1.57. The molecule has 0 radical (unpaired) electrons. The summed E-state index contributed by atoms with van der Waals surface area (Å²) in [4.78, 5) is 19.3. The van der Waals surface area contributed by atoms with Crippen molar-refractivity contribution in [2.45, 2.75) is 12.8 Å². The molecule has 98 valence electrons. The van der Waals surface area contributed by atoms with Crippen molar-refractivity contribution in [3.63, 3.8) is 0 Å². The summed E-state index contributed by atoms with van der Waals surface area (Å²) < 4.78 is 0. The molecule has 2 heterocycles. The topological polar surface area (TPSA) is 74.6 Å². The molecule has 0 amide bonds. The van der Waals surface area contributed by atoms with Gasteiger partial charge < -0.3 is 10.2 Å². The first kappa shape index (κ1) is 16.3. The number of carboxylic acid groups (broad SMARTS) is 2. The lowest BCUT2D eigenvalue weighted by atomic mass is 10.3. The minimum atomic E-state index is -1.08. The first-order chi connectivity index (χ1) is 8.63. The molecule has 2 aromatic rings. The highest BCUT2D eigenvalue weighted by molar-refractivity contribution is 7.08. The summed E-state index contributed by atoms with van der Waals surface area (Å²) in [5.74, 6) is -2.15. The zero-order chi connectivity index (χ0) is 13.6. The van der Waals surface area contributed by atoms with Gasteiger partial charge in [-0.15, -0.1) is 0 Å². The van der Waals surface area contributed by atoms with Crippen molar-refractivity contribution >= 4 is 34.6 Å². The summed E-state index contributed by atoms with van der Waals surface area (Å²) in [5.41, 5.74) is 0. The van der Waals surface area contributed by atoms with E-state index in [2.05, 4.69) is 0 Å². The van der Waals surface area contributed by atoms with Gasteiger partial charge in [0.1, 0.15) is 0 Å². The second kappa shape index (κ2) is 11.8. The van der Waals surface area contributed by atoms with Gasteiger partial charge in [-0.2, -0.15) is 22.7 Å². The van der Waals surface area contributed by atoms with Gasteiger partial charge in [-0.05, 0) is 21.5 Å². The van der Waals surface area contributed by atoms with Crippen LogP contribution in [0, 0.1) is 0 Å². The van der Waals surface area contributed by atoms with Crippen LogP contribution in [0.5, 0.6) is 0 Å². The van der Waals surface area contributed by atoms with Crippen LogP contribution >= 0.6 is 22.7 Å². The van der Waals surface area contributed by atoms with Crippen LogP contribution < -0.4 is 0 Å². The van der Waals surface area contributed by atoms with Crippen LogP contribution in [0.1, 0.15) is 12.8 Å². The van der Waals surface area contributed by atoms with Crippen molar-refractivity contribution in [3.8, 4) is 0 Å². The highest BCUT2D eigenvalue weighted by Crippen LogP contribution is 1.92. The van der Waals surface area contributed by atoms with E-state index in [4.69, 9.17) is 10.2 Å². The Kier molecular flexibility index (Phi) is 10.7. The van der Waals surface area contributed by atoms with Crippen LogP contribution in [-0.4, -0.2) is 22.2 Å². The van der Waals surface area contributed by atoms with Crippen molar-refractivity contribution in [1.82, 2.24) is 0 Å². The molecule has 2 rings (SSSR count). The predicted molar refractivity (Wildman–Crippen MR) is 73.1 cm³/mol. The standard InChI is InChI=1S/C4H6O4.2C4H4S/c5-3(6)1-2-4(7)8;2*1-2-4-5-3-1/h1-2H2,(H,5,6)(H,7,8);2*1-4H. The molecule has 0 unspecified atom stereocenters. The van der Waals surface area contributed by atoms with Crippen LogP contribution in [0.15, 0.2) is 45.8 Å². The quantitative estimate of drug-likeness (QED) is 0.906. The first-order valence-corrected chi connectivity index (χ1v) is 6.89. The van der Waals surface area contributed by atoms with Crippen LogP contribution in [0.2, 0.25) is 0 Å². The van der Waals surface area contributed by atoms with E-state index in [1.807, 2.05) is 45.8 Å². The Morgan fingerprint density at radius 2 is 1.00 bits per heavy atom. The Hall–Kier alpha value is -1.66. The number of thiophene rings is 2. The van der Waals surface area contributed by atoms with E-state index in [0.29, 0.717) is 0 Å². The third kappa shape index (κ3) is 14.3. The van der Waals surface area contributed by atoms with Gasteiger partial charge in [0.2, 0.25) is 0 Å². The van der Waals surface area contributed by atoms with Gasteiger partial charge in [0.15, 0.2) is 0 Å². The fourth-order valence-electron chi connectivity index (χ4n) is 0.667. The minimum absolute atomic E-state index is 0.296. The molecule has 0 saturated heterocycles. The predicted octanol–water partition coefficient (Wildman–Crippen LogP) is 3.43. The zero-order valence-electron chi connectivity index (χ0n) is 9.56. The summed E-state index contributed by atoms with van der Waals surface area (Å²) in [7, 11) is 0. The van der Waals surface area contributed by atoms with Gasteiger partial charge in [-0.3, -0.25) is 9.59 Å². The molecular weight excluding hydrogens is 272 g/mol. The van der Waals surface area contributed by atoms with E-state index in [9.17, 15) is 9.59 Å². The van der Waals surface area contributed by atoms with E-state index in [-0.39, 0.29) is 12.8 Å². The number of hydrogen-bond donors (Lipinski definition) is 2. The molecule has 2 N–H and O–H groups in total. The fraction of sp³-hybridized carbons (Fsp3) is 0.167. The van der Waals surface area contributed by atoms with Gasteiger partial charge in [-0.1, -0.05) is 24.3 Å². The molecule has 0 atom stereocenters. The summed E-state index contributed by atoms with van der Waals surface area (Å²) in [6, 6.07) is 8.07. The van der Waals surface area contributed by atoms with E-state index >= 15 is 0 Å². The van der Waals surface area contributed by atoms with Crippen molar-refractivity contribution < 1.29 is 19.8 Å². The third-order valence-corrected chi connectivity index (χ3v) is 2.66. The van der Waals surface area contributed by atoms with Crippen molar-refractivity contribution in [2.75, 3.05) is 0 Å². The largest absolute Gasteiger partial charge is 0.481 e. The second-order valence-corrected chi connectivity index (χ2v) is 4.51. The first-order valence-electron chi connectivity index (χ1n) is 5.01. The lowest BCUT2D eigenvalue weighted by Crippen LogP contribution is -2.00. The zero-order valence-corrected chi connectivity index (χ0v) is 11.2. The maximum atomic E-state index is 9.64. The van der Waals surface area contributed by atoms with Gasteiger partial charge in [0, 0.05) is 0 Å². The smallest absolute Gasteiger partial charge is 0.303 e. The average molecular weight is 286 g/mol. The van der Waals surface area contributed by atoms with Crippen molar-refractivity contribution in [1.29, 1.82) is 0 Å². The molecule has 0 fully saturated rings. The summed E-state index contributed by atoms with van der Waals surface area (Å²) >= 11 is 3.43. The van der Waals surface area contributed by atoms with E-state index in [0.717, 1.165) is 0 Å². The molecule has 18 heavy (non-hydrogen) atoms. The summed E-state index contributed by atoms with van der Waals surface area (Å²) in [6.07, 6.45) is -0.593. The number of carbonyl (C=O) groups is 2. The number of hydrogen-bond acceptors (Lipinski definition) is 4. The van der Waals surface area contributed by atoms with Gasteiger partial charge in [-0.25, -0.2) is 0 Å². The Morgan fingerprint density at radius 3 is 1.11 bits per heavy atom. The monoisotopic (exact) mass is 286 g/mol. The van der Waals surface area contributed by atoms with Gasteiger partial charge in [0.05, 0.1) is 12.8 Å². The molecule has 4 nitrogen and oxygen atoms in total. The van der Waals surface area contributed by atoms with Gasteiger partial charge >= 0.3 is 11.9 Å². The van der Waals surface area contributed by atoms with Crippen molar-refractivity contribution in [2.24, 2.45) is 0 Å². The number of rotatable bonds is 3. The summed E-state index contributed by atoms with van der Waals surface area (Å²) in [6.45, 7) is 0. The van der Waals surface area contributed by atoms with Gasteiger partial charge in [0.25, 0.3) is 0 Å². The Morgan fingerprint density at radius 1 is 0.722 bits per heavy atom. The van der Waals surface area contributed by atoms with Crippen molar-refractivity contribution in [3.05, 3.63) is 45.8 Å². The maximum Gasteiger partial charge on any atom is 0.303 e. The Labute approximate surface area is 113 Å². The van der Waals surface area contributed by atoms with Crippen LogP contribution in [0.25, 0.3) is 0 Å². The molecule has 0 aromatic carbocycles. The Bertz CT molecular complexity index is 321. The van der Waals surface area contributed by atoms with Crippen LogP contribution in [0.3, 0.4) is 0 Å². The number of aliphatic carboxylic acids is 2. The highest BCUT2D eigenvalue weighted by Gasteiger charge is 2.00. The molecule has 0 aliphatic carbocycles. The molecular formula is C12H14O4S2. The third-order valence-electron chi connectivity index (χ3n) is 1.40. The maximum absolute atomic E-state index is 9.64. The summed E-state index contributed by atoms with van der Waals surface area (Å²) in [5, 5.41) is 24.0. The SMILES string of the molecule is O=C(O)CCC(=O)O.c1ccsc1.c1ccsc1. The molecule has 0 saturated carbocycles. The van der Waals surface area contributed by atoms with Crippen LogP contribution in [0.4, 0.5) is 0 Å². The molecule has 0 aliphatic heterocycles. The molecule has 0 bridgehead atoms. The molecule has 6 heteroatoms.